The number of nitrogens with two attached hydrogens (primary N) is 1. The first-order valence-electron chi connectivity index (χ1n) is 7.82. The summed E-state index contributed by atoms with van der Waals surface area (Å²) in [6.07, 6.45) is 0.887. The highest BCUT2D eigenvalue weighted by atomic mass is 32.2. The average Bonchev–Trinajstić information content (AvgIpc) is 2.60. The zero-order valence-electron chi connectivity index (χ0n) is 14.2. The van der Waals surface area contributed by atoms with E-state index in [1.165, 1.54) is 11.1 Å². The van der Waals surface area contributed by atoms with Crippen LogP contribution in [0, 0.1) is 0 Å². The van der Waals surface area contributed by atoms with Gasteiger partial charge in [0.15, 0.2) is 0 Å². The van der Waals surface area contributed by atoms with Gasteiger partial charge in [-0.2, -0.15) is 5.90 Å². The van der Waals surface area contributed by atoms with Gasteiger partial charge in [0.2, 0.25) is 0 Å². The van der Waals surface area contributed by atoms with Crippen molar-refractivity contribution < 1.29 is 14.1 Å². The van der Waals surface area contributed by atoms with Gasteiger partial charge in [-0.15, -0.1) is 9.32 Å². The van der Waals surface area contributed by atoms with E-state index < -0.39 is 0 Å². The summed E-state index contributed by atoms with van der Waals surface area (Å²) in [6, 6.07) is 17.0. The van der Waals surface area contributed by atoms with Crippen LogP contribution in [0.2, 0.25) is 0 Å². The second-order valence-electron chi connectivity index (χ2n) is 5.64. The van der Waals surface area contributed by atoms with Gasteiger partial charge in [0.1, 0.15) is 5.75 Å². The van der Waals surface area contributed by atoms with Gasteiger partial charge >= 0.3 is 0 Å². The molecule has 2 rings (SSSR count). The summed E-state index contributed by atoms with van der Waals surface area (Å²) in [5.41, 5.74) is 2.46. The molecule has 0 aliphatic carbocycles. The number of benzene rings is 2. The lowest BCUT2D eigenvalue weighted by molar-refractivity contribution is -0.195. The van der Waals surface area contributed by atoms with Crippen LogP contribution in [0.25, 0.3) is 0 Å². The number of methoxy groups -OCH3 is 1. The fourth-order valence-corrected chi connectivity index (χ4v) is 3.19. The highest BCUT2D eigenvalue weighted by Gasteiger charge is 2.12. The number of ether oxygens (including phenoxy) is 1. The van der Waals surface area contributed by atoms with Crippen molar-refractivity contribution in [3.8, 4) is 5.75 Å². The van der Waals surface area contributed by atoms with Gasteiger partial charge in [0.25, 0.3) is 0 Å². The minimum absolute atomic E-state index is 0.294. The summed E-state index contributed by atoms with van der Waals surface area (Å²) < 4.78 is 10.1. The Morgan fingerprint density at radius 2 is 1.88 bits per heavy atom. The van der Waals surface area contributed by atoms with Crippen molar-refractivity contribution in [3.63, 3.8) is 0 Å². The molecule has 2 aromatic carbocycles. The zero-order chi connectivity index (χ0) is 17.4. The third kappa shape index (κ3) is 5.51. The summed E-state index contributed by atoms with van der Waals surface area (Å²) in [5.74, 6) is 5.62. The molecule has 0 bridgehead atoms. The Bertz CT molecular complexity index is 625. The van der Waals surface area contributed by atoms with Crippen LogP contribution in [-0.2, 0) is 15.7 Å². The molecule has 130 valence electrons. The Hall–Kier alpha value is -1.57. The van der Waals surface area contributed by atoms with E-state index in [2.05, 4.69) is 54.5 Å². The highest BCUT2D eigenvalue weighted by Crippen LogP contribution is 2.31. The van der Waals surface area contributed by atoms with Gasteiger partial charge in [0, 0.05) is 12.1 Å². The molecule has 0 fully saturated rings. The molecule has 0 aromatic heterocycles. The Kier molecular flexibility index (Phi) is 7.55. The maximum Gasteiger partial charge on any atom is 0.134 e. The maximum absolute atomic E-state index is 5.31. The van der Waals surface area contributed by atoms with E-state index in [1.807, 2.05) is 18.2 Å². The SMILES string of the molecule is COc1ccc(C[C@@H](C)N[C@H](C)c2ccccc2)cc1SOON. The summed E-state index contributed by atoms with van der Waals surface area (Å²) in [6.45, 7) is 4.35. The first-order chi connectivity index (χ1) is 11.6. The van der Waals surface area contributed by atoms with Crippen molar-refractivity contribution in [2.45, 2.75) is 37.2 Å². The summed E-state index contributed by atoms with van der Waals surface area (Å²) in [4.78, 5) is 4.99. The Morgan fingerprint density at radius 3 is 2.54 bits per heavy atom. The molecule has 0 spiro atoms. The topological polar surface area (TPSA) is 65.7 Å². The molecule has 0 saturated carbocycles. The van der Waals surface area contributed by atoms with Gasteiger partial charge in [-0.1, -0.05) is 36.4 Å². The number of hydrogen-bond acceptors (Lipinski definition) is 6. The summed E-state index contributed by atoms with van der Waals surface area (Å²) in [5, 5.41) is 3.62. The lowest BCUT2D eigenvalue weighted by Gasteiger charge is -2.21. The lowest BCUT2D eigenvalue weighted by Crippen LogP contribution is -2.30. The minimum Gasteiger partial charge on any atom is -0.495 e. The van der Waals surface area contributed by atoms with Crippen molar-refractivity contribution in [3.05, 3.63) is 59.7 Å². The van der Waals surface area contributed by atoms with Gasteiger partial charge in [-0.3, -0.25) is 0 Å². The van der Waals surface area contributed by atoms with Gasteiger partial charge < -0.3 is 10.1 Å². The van der Waals surface area contributed by atoms with Crippen LogP contribution in [0.5, 0.6) is 5.75 Å². The number of rotatable bonds is 9. The highest BCUT2D eigenvalue weighted by molar-refractivity contribution is 7.94. The number of nitrogens with one attached hydrogen (secondary N) is 1. The molecule has 0 heterocycles. The van der Waals surface area contributed by atoms with E-state index in [1.54, 1.807) is 7.11 Å². The van der Waals surface area contributed by atoms with Crippen molar-refractivity contribution in [2.24, 2.45) is 5.90 Å². The smallest absolute Gasteiger partial charge is 0.134 e. The fraction of sp³-hybridized carbons (Fsp3) is 0.333. The van der Waals surface area contributed by atoms with Crippen molar-refractivity contribution >= 4 is 12.0 Å². The van der Waals surface area contributed by atoms with E-state index >= 15 is 0 Å². The molecule has 24 heavy (non-hydrogen) atoms. The molecule has 2 aromatic rings. The Balaban J connectivity index is 1.99. The van der Waals surface area contributed by atoms with Gasteiger partial charge in [0.05, 0.1) is 24.0 Å². The summed E-state index contributed by atoms with van der Waals surface area (Å²) >= 11 is 1.03. The van der Waals surface area contributed by atoms with Crippen LogP contribution < -0.4 is 16.0 Å². The molecular formula is C18H24N2O3S. The van der Waals surface area contributed by atoms with Crippen molar-refractivity contribution in [2.75, 3.05) is 7.11 Å². The van der Waals surface area contributed by atoms with Crippen LogP contribution in [0.3, 0.4) is 0 Å². The zero-order valence-corrected chi connectivity index (χ0v) is 15.0. The normalized spacial score (nSPS) is 13.5. The molecule has 0 aliphatic rings. The van der Waals surface area contributed by atoms with Crippen molar-refractivity contribution in [1.29, 1.82) is 0 Å². The molecule has 0 amide bonds. The molecule has 3 N–H and O–H groups in total. The van der Waals surface area contributed by atoms with Gasteiger partial charge in [-0.25, -0.2) is 0 Å². The first-order valence-corrected chi connectivity index (χ1v) is 8.56. The molecule has 0 saturated heterocycles. The molecule has 5 nitrogen and oxygen atoms in total. The van der Waals surface area contributed by atoms with Crippen molar-refractivity contribution in [1.82, 2.24) is 5.32 Å². The van der Waals surface area contributed by atoms with Crippen LogP contribution in [0.15, 0.2) is 53.4 Å². The fourth-order valence-electron chi connectivity index (χ4n) is 2.65. The number of hydrogen-bond donors (Lipinski definition) is 2. The van der Waals surface area contributed by atoms with E-state index in [4.69, 9.17) is 15.0 Å². The molecule has 6 heteroatoms. The lowest BCUT2D eigenvalue weighted by atomic mass is 10.0. The third-order valence-electron chi connectivity index (χ3n) is 3.77. The largest absolute Gasteiger partial charge is 0.495 e. The second kappa shape index (κ2) is 9.66. The second-order valence-corrected chi connectivity index (χ2v) is 6.38. The Morgan fingerprint density at radius 1 is 1.12 bits per heavy atom. The first kappa shape index (κ1) is 18.8. The minimum atomic E-state index is 0.294. The van der Waals surface area contributed by atoms with Crippen LogP contribution in [0.4, 0.5) is 0 Å². The van der Waals surface area contributed by atoms with Crippen LogP contribution in [0.1, 0.15) is 31.0 Å². The molecular weight excluding hydrogens is 324 g/mol. The molecule has 2 atom stereocenters. The Labute approximate surface area is 147 Å². The monoisotopic (exact) mass is 348 g/mol. The summed E-state index contributed by atoms with van der Waals surface area (Å²) in [7, 11) is 1.62. The predicted molar refractivity (Wildman–Crippen MR) is 96.4 cm³/mol. The van der Waals surface area contributed by atoms with E-state index in [-0.39, 0.29) is 0 Å². The predicted octanol–water partition coefficient (Wildman–Crippen LogP) is 3.81. The third-order valence-corrected chi connectivity index (χ3v) is 4.41. The van der Waals surface area contributed by atoms with E-state index in [0.717, 1.165) is 29.1 Å². The van der Waals surface area contributed by atoms with Gasteiger partial charge in [-0.05, 0) is 43.5 Å². The van der Waals surface area contributed by atoms with E-state index in [0.29, 0.717) is 12.1 Å². The average molecular weight is 348 g/mol. The quantitative estimate of drug-likeness (QED) is 0.408. The molecule has 0 unspecified atom stereocenters. The van der Waals surface area contributed by atoms with Crippen LogP contribution >= 0.6 is 12.0 Å². The molecule has 0 aliphatic heterocycles. The molecule has 0 radical (unpaired) electrons. The standard InChI is InChI=1S/C18H24N2O3S/c1-13(20-14(2)16-7-5-4-6-8-16)11-15-9-10-17(21-3)18(12-15)24-23-22-19/h4-10,12-14,20H,11,19H2,1-3H3/t13-,14-/m1/s1. The maximum atomic E-state index is 5.31. The van der Waals surface area contributed by atoms with E-state index in [9.17, 15) is 0 Å². The van der Waals surface area contributed by atoms with Crippen LogP contribution in [-0.4, -0.2) is 13.2 Å².